The fourth-order valence-electron chi connectivity index (χ4n) is 3.05. The highest BCUT2D eigenvalue weighted by Gasteiger charge is 2.24. The molecule has 0 spiro atoms. The van der Waals surface area contributed by atoms with Crippen molar-refractivity contribution in [3.05, 3.63) is 41.0 Å². The molecule has 6 nitrogen and oxygen atoms in total. The minimum absolute atomic E-state index is 0.473. The van der Waals surface area contributed by atoms with Crippen molar-refractivity contribution < 1.29 is 9.90 Å². The van der Waals surface area contributed by atoms with Crippen LogP contribution < -0.4 is 4.90 Å². The number of amides is 1. The fourth-order valence-corrected chi connectivity index (χ4v) is 4.09. The highest BCUT2D eigenvalue weighted by Crippen LogP contribution is 2.38. The van der Waals surface area contributed by atoms with E-state index in [0.717, 1.165) is 27.2 Å². The SMILES string of the molecule is O=C(O)N1CCN(c2ncnc3scc(-c4ccc(Cl)cc4)c23)CC1. The average Bonchev–Trinajstić information content (AvgIpc) is 3.07. The van der Waals surface area contributed by atoms with Crippen LogP contribution in [0.4, 0.5) is 10.6 Å². The molecule has 0 atom stereocenters. The van der Waals surface area contributed by atoms with E-state index >= 15 is 0 Å². The molecule has 1 N–H and O–H groups in total. The number of anilines is 1. The summed E-state index contributed by atoms with van der Waals surface area (Å²) in [6, 6.07) is 7.72. The topological polar surface area (TPSA) is 69.6 Å². The van der Waals surface area contributed by atoms with E-state index in [9.17, 15) is 4.79 Å². The molecular formula is C17H15ClN4O2S. The molecule has 1 amide bonds. The van der Waals surface area contributed by atoms with Gasteiger partial charge >= 0.3 is 6.09 Å². The Kier molecular flexibility index (Phi) is 4.19. The van der Waals surface area contributed by atoms with Crippen LogP contribution >= 0.6 is 22.9 Å². The van der Waals surface area contributed by atoms with E-state index in [1.165, 1.54) is 4.90 Å². The van der Waals surface area contributed by atoms with Gasteiger partial charge in [-0.05, 0) is 17.7 Å². The van der Waals surface area contributed by atoms with Crippen molar-refractivity contribution in [2.75, 3.05) is 31.1 Å². The summed E-state index contributed by atoms with van der Waals surface area (Å²) < 4.78 is 0. The van der Waals surface area contributed by atoms with Gasteiger partial charge in [-0.1, -0.05) is 23.7 Å². The number of fused-ring (bicyclic) bond motifs is 1. The van der Waals surface area contributed by atoms with Crippen molar-refractivity contribution in [2.45, 2.75) is 0 Å². The zero-order chi connectivity index (χ0) is 17.4. The van der Waals surface area contributed by atoms with Crippen LogP contribution in [0.5, 0.6) is 0 Å². The lowest BCUT2D eigenvalue weighted by atomic mass is 10.1. The number of benzene rings is 1. The molecule has 128 valence electrons. The van der Waals surface area contributed by atoms with Crippen LogP contribution in [0.15, 0.2) is 36.0 Å². The van der Waals surface area contributed by atoms with Gasteiger partial charge in [0.05, 0.1) is 5.39 Å². The normalized spacial score (nSPS) is 14.9. The summed E-state index contributed by atoms with van der Waals surface area (Å²) in [6.07, 6.45) is 0.702. The van der Waals surface area contributed by atoms with Crippen molar-refractivity contribution in [2.24, 2.45) is 0 Å². The quantitative estimate of drug-likeness (QED) is 0.738. The highest BCUT2D eigenvalue weighted by atomic mass is 35.5. The summed E-state index contributed by atoms with van der Waals surface area (Å²) >= 11 is 7.58. The van der Waals surface area contributed by atoms with Gasteiger partial charge in [0.15, 0.2) is 0 Å². The number of carbonyl (C=O) groups is 1. The smallest absolute Gasteiger partial charge is 0.407 e. The van der Waals surface area contributed by atoms with Gasteiger partial charge in [0.2, 0.25) is 0 Å². The average molecular weight is 375 g/mol. The maximum absolute atomic E-state index is 11.1. The molecule has 1 saturated heterocycles. The minimum Gasteiger partial charge on any atom is -0.465 e. The predicted molar refractivity (Wildman–Crippen MR) is 99.7 cm³/mol. The van der Waals surface area contributed by atoms with Gasteiger partial charge in [-0.15, -0.1) is 11.3 Å². The summed E-state index contributed by atoms with van der Waals surface area (Å²) in [5.74, 6) is 0.862. The van der Waals surface area contributed by atoms with E-state index in [1.807, 2.05) is 24.3 Å². The number of thiophene rings is 1. The molecule has 0 radical (unpaired) electrons. The summed E-state index contributed by atoms with van der Waals surface area (Å²) in [4.78, 5) is 24.5. The summed E-state index contributed by atoms with van der Waals surface area (Å²) in [7, 11) is 0. The second-order valence-electron chi connectivity index (χ2n) is 5.79. The van der Waals surface area contributed by atoms with E-state index in [0.29, 0.717) is 31.2 Å². The molecule has 25 heavy (non-hydrogen) atoms. The number of hydrogen-bond acceptors (Lipinski definition) is 5. The van der Waals surface area contributed by atoms with Crippen LogP contribution in [0, 0.1) is 0 Å². The number of piperazine rings is 1. The lowest BCUT2D eigenvalue weighted by Gasteiger charge is -2.34. The molecule has 0 saturated carbocycles. The van der Waals surface area contributed by atoms with E-state index in [1.54, 1.807) is 17.7 Å². The number of halogens is 1. The molecule has 1 aliphatic heterocycles. The zero-order valence-corrected chi connectivity index (χ0v) is 14.8. The molecular weight excluding hydrogens is 360 g/mol. The Hall–Kier alpha value is -2.38. The van der Waals surface area contributed by atoms with Gasteiger partial charge in [-0.25, -0.2) is 14.8 Å². The molecule has 8 heteroatoms. The van der Waals surface area contributed by atoms with Gasteiger partial charge in [0, 0.05) is 42.1 Å². The van der Waals surface area contributed by atoms with Crippen LogP contribution in [0.25, 0.3) is 21.3 Å². The maximum Gasteiger partial charge on any atom is 0.407 e. The van der Waals surface area contributed by atoms with Crippen LogP contribution in [0.3, 0.4) is 0 Å². The zero-order valence-electron chi connectivity index (χ0n) is 13.2. The molecule has 2 aromatic heterocycles. The Balaban J connectivity index is 1.74. The third kappa shape index (κ3) is 3.01. The van der Waals surface area contributed by atoms with Gasteiger partial charge in [0.1, 0.15) is 17.0 Å². The molecule has 0 unspecified atom stereocenters. The number of carboxylic acid groups (broad SMARTS) is 1. The van der Waals surface area contributed by atoms with Gasteiger partial charge in [0.25, 0.3) is 0 Å². The van der Waals surface area contributed by atoms with Crippen LogP contribution in [-0.2, 0) is 0 Å². The fraction of sp³-hybridized carbons (Fsp3) is 0.235. The Morgan fingerprint density at radius 1 is 1.12 bits per heavy atom. The molecule has 3 aromatic rings. The lowest BCUT2D eigenvalue weighted by molar-refractivity contribution is 0.142. The molecule has 1 fully saturated rings. The van der Waals surface area contributed by atoms with Crippen molar-refractivity contribution >= 4 is 45.1 Å². The monoisotopic (exact) mass is 374 g/mol. The Morgan fingerprint density at radius 3 is 2.52 bits per heavy atom. The van der Waals surface area contributed by atoms with Crippen molar-refractivity contribution in [1.29, 1.82) is 0 Å². The summed E-state index contributed by atoms with van der Waals surface area (Å²) in [5.41, 5.74) is 2.14. The second kappa shape index (κ2) is 6.50. The molecule has 4 rings (SSSR count). The van der Waals surface area contributed by atoms with Gasteiger partial charge in [-0.3, -0.25) is 0 Å². The summed E-state index contributed by atoms with van der Waals surface area (Å²) in [5, 5.41) is 12.9. The molecule has 3 heterocycles. The first-order valence-electron chi connectivity index (χ1n) is 7.84. The first kappa shape index (κ1) is 16.1. The van der Waals surface area contributed by atoms with Crippen molar-refractivity contribution in [3.8, 4) is 11.1 Å². The molecule has 1 aliphatic rings. The third-order valence-electron chi connectivity index (χ3n) is 4.36. The number of nitrogens with zero attached hydrogens (tertiary/aromatic N) is 4. The lowest BCUT2D eigenvalue weighted by Crippen LogP contribution is -2.48. The number of aromatic nitrogens is 2. The summed E-state index contributed by atoms with van der Waals surface area (Å²) in [6.45, 7) is 2.19. The van der Waals surface area contributed by atoms with Crippen molar-refractivity contribution in [3.63, 3.8) is 0 Å². The first-order valence-corrected chi connectivity index (χ1v) is 9.10. The van der Waals surface area contributed by atoms with Crippen LogP contribution in [0.2, 0.25) is 5.02 Å². The van der Waals surface area contributed by atoms with Gasteiger partial charge in [-0.2, -0.15) is 0 Å². The standard InChI is InChI=1S/C17H15ClN4O2S/c18-12-3-1-11(2-4-12)13-9-25-16-14(13)15(19-10-20-16)21-5-7-22(8-6-21)17(23)24/h1-4,9-10H,5-8H2,(H,23,24). The van der Waals surface area contributed by atoms with E-state index in [4.69, 9.17) is 16.7 Å². The Labute approximate surface area is 153 Å². The minimum atomic E-state index is -0.870. The number of hydrogen-bond donors (Lipinski definition) is 1. The van der Waals surface area contributed by atoms with E-state index in [2.05, 4.69) is 20.2 Å². The van der Waals surface area contributed by atoms with E-state index < -0.39 is 6.09 Å². The third-order valence-corrected chi connectivity index (χ3v) is 5.49. The first-order chi connectivity index (χ1) is 12.1. The predicted octanol–water partition coefficient (Wildman–Crippen LogP) is 3.81. The van der Waals surface area contributed by atoms with E-state index in [-0.39, 0.29) is 0 Å². The molecule has 1 aromatic carbocycles. The molecule has 0 bridgehead atoms. The second-order valence-corrected chi connectivity index (χ2v) is 7.08. The number of rotatable bonds is 2. The van der Waals surface area contributed by atoms with Crippen LogP contribution in [-0.4, -0.2) is 52.2 Å². The van der Waals surface area contributed by atoms with Crippen LogP contribution in [0.1, 0.15) is 0 Å². The maximum atomic E-state index is 11.1. The highest BCUT2D eigenvalue weighted by molar-refractivity contribution is 7.17. The largest absolute Gasteiger partial charge is 0.465 e. The molecule has 0 aliphatic carbocycles. The van der Waals surface area contributed by atoms with Gasteiger partial charge < -0.3 is 14.9 Å². The van der Waals surface area contributed by atoms with Crippen molar-refractivity contribution in [1.82, 2.24) is 14.9 Å². The Morgan fingerprint density at radius 2 is 1.84 bits per heavy atom. The Bertz CT molecular complexity index is 920.